The number of hydrogen-bond acceptors (Lipinski definition) is 2. The number of aliphatic imine (C=N–C) groups is 1. The third kappa shape index (κ3) is 24.3. The largest absolute Gasteiger partial charge is 0.299 e. The molecule has 0 radical (unpaired) electrons. The highest BCUT2D eigenvalue weighted by atomic mass is 16.2. The maximum Gasteiger partial charge on any atom is 0.227 e. The summed E-state index contributed by atoms with van der Waals surface area (Å²) >= 11 is 0. The standard InChI is InChI=1S/C38H74N2O/c1-3-5-7-9-11-13-15-17-19-21-23-25-27-29-31-33-37-39-35-36-40(37)38(41)34-32-30-28-26-24-22-20-18-16-14-12-10-8-6-4-2/h3-36H2,1-2H3. The Labute approximate surface area is 258 Å². The quantitative estimate of drug-likeness (QED) is 0.0735. The molecular formula is C38H74N2O. The number of nitrogens with zero attached hydrogens (tertiary/aromatic N) is 2. The van der Waals surface area contributed by atoms with Gasteiger partial charge < -0.3 is 0 Å². The number of hydrogen-bond donors (Lipinski definition) is 0. The van der Waals surface area contributed by atoms with Crippen LogP contribution < -0.4 is 0 Å². The van der Waals surface area contributed by atoms with Gasteiger partial charge in [-0.25, -0.2) is 0 Å². The highest BCUT2D eigenvalue weighted by molar-refractivity contribution is 5.99. The van der Waals surface area contributed by atoms with E-state index < -0.39 is 0 Å². The normalized spacial score (nSPS) is 13.3. The minimum Gasteiger partial charge on any atom is -0.299 e. The molecule has 1 heterocycles. The first-order valence-corrected chi connectivity index (χ1v) is 19.1. The topological polar surface area (TPSA) is 32.7 Å². The van der Waals surface area contributed by atoms with Crippen LogP contribution in [0.5, 0.6) is 0 Å². The van der Waals surface area contributed by atoms with Crippen molar-refractivity contribution in [1.82, 2.24) is 4.90 Å². The molecular weight excluding hydrogens is 500 g/mol. The fraction of sp³-hybridized carbons (Fsp3) is 0.947. The zero-order valence-corrected chi connectivity index (χ0v) is 28.3. The molecule has 0 aromatic carbocycles. The Balaban J connectivity index is 1.87. The SMILES string of the molecule is CCCCCCCCCCCCCCCCCC(=O)N1CCN=C1CCCCCCCCCCCCCCCCC. The lowest BCUT2D eigenvalue weighted by molar-refractivity contribution is -0.127. The summed E-state index contributed by atoms with van der Waals surface area (Å²) in [5, 5.41) is 0. The summed E-state index contributed by atoms with van der Waals surface area (Å²) in [6.07, 6.45) is 43.2. The van der Waals surface area contributed by atoms with Gasteiger partial charge in [-0.2, -0.15) is 0 Å². The molecule has 1 aliphatic rings. The predicted molar refractivity (Wildman–Crippen MR) is 183 cm³/mol. The molecule has 0 aromatic heterocycles. The van der Waals surface area contributed by atoms with E-state index in [1.165, 1.54) is 186 Å². The Morgan fingerprint density at radius 2 is 0.805 bits per heavy atom. The van der Waals surface area contributed by atoms with Gasteiger partial charge in [-0.1, -0.05) is 194 Å². The minimum absolute atomic E-state index is 0.330. The maximum atomic E-state index is 12.8. The van der Waals surface area contributed by atoms with Gasteiger partial charge >= 0.3 is 0 Å². The molecule has 41 heavy (non-hydrogen) atoms. The van der Waals surface area contributed by atoms with Crippen LogP contribution in [0.25, 0.3) is 0 Å². The summed E-state index contributed by atoms with van der Waals surface area (Å²) in [6.45, 7) is 6.23. The van der Waals surface area contributed by atoms with Crippen molar-refractivity contribution in [2.75, 3.05) is 13.1 Å². The average Bonchev–Trinajstić information content (AvgIpc) is 3.45. The van der Waals surface area contributed by atoms with Crippen LogP contribution in [0.1, 0.15) is 219 Å². The first-order chi connectivity index (χ1) is 20.3. The molecule has 0 aliphatic carbocycles. The second-order valence-electron chi connectivity index (χ2n) is 13.2. The minimum atomic E-state index is 0.330. The highest BCUT2D eigenvalue weighted by Crippen LogP contribution is 2.17. The van der Waals surface area contributed by atoms with Gasteiger partial charge in [0.05, 0.1) is 6.54 Å². The molecule has 0 spiro atoms. The lowest BCUT2D eigenvalue weighted by Gasteiger charge is -2.18. The van der Waals surface area contributed by atoms with Crippen molar-refractivity contribution < 1.29 is 4.79 Å². The molecule has 0 N–H and O–H groups in total. The van der Waals surface area contributed by atoms with E-state index in [-0.39, 0.29) is 0 Å². The Hall–Kier alpha value is -0.860. The molecule has 0 bridgehead atoms. The van der Waals surface area contributed by atoms with E-state index in [4.69, 9.17) is 0 Å². The number of carbonyl (C=O) groups is 1. The fourth-order valence-electron chi connectivity index (χ4n) is 6.41. The van der Waals surface area contributed by atoms with Gasteiger partial charge in [0.1, 0.15) is 5.84 Å². The third-order valence-electron chi connectivity index (χ3n) is 9.23. The molecule has 0 saturated carbocycles. The van der Waals surface area contributed by atoms with Crippen molar-refractivity contribution in [3.63, 3.8) is 0 Å². The summed E-state index contributed by atoms with van der Waals surface area (Å²) in [7, 11) is 0. The van der Waals surface area contributed by atoms with Gasteiger partial charge in [-0.3, -0.25) is 14.7 Å². The van der Waals surface area contributed by atoms with Crippen LogP contribution >= 0.6 is 0 Å². The lowest BCUT2D eigenvalue weighted by atomic mass is 10.0. The van der Waals surface area contributed by atoms with Gasteiger partial charge in [0.2, 0.25) is 5.91 Å². The van der Waals surface area contributed by atoms with Crippen LogP contribution in [0.4, 0.5) is 0 Å². The Bertz CT molecular complexity index is 587. The number of unbranched alkanes of at least 4 members (excludes halogenated alkanes) is 28. The average molecular weight is 575 g/mol. The number of carbonyl (C=O) groups excluding carboxylic acids is 1. The van der Waals surface area contributed by atoms with Crippen LogP contribution in [0, 0.1) is 0 Å². The van der Waals surface area contributed by atoms with Gasteiger partial charge in [0.25, 0.3) is 0 Å². The molecule has 3 nitrogen and oxygen atoms in total. The lowest BCUT2D eigenvalue weighted by Crippen LogP contribution is -2.34. The highest BCUT2D eigenvalue weighted by Gasteiger charge is 2.22. The van der Waals surface area contributed by atoms with E-state index in [0.717, 1.165) is 38.2 Å². The van der Waals surface area contributed by atoms with Crippen LogP contribution in [0.15, 0.2) is 4.99 Å². The van der Waals surface area contributed by atoms with Crippen LogP contribution in [-0.2, 0) is 4.79 Å². The molecule has 0 atom stereocenters. The number of rotatable bonds is 32. The van der Waals surface area contributed by atoms with Crippen molar-refractivity contribution in [3.05, 3.63) is 0 Å². The first kappa shape index (κ1) is 38.2. The van der Waals surface area contributed by atoms with Crippen molar-refractivity contribution in [2.24, 2.45) is 4.99 Å². The zero-order valence-electron chi connectivity index (χ0n) is 28.3. The summed E-state index contributed by atoms with van der Waals surface area (Å²) < 4.78 is 0. The molecule has 1 amide bonds. The second kappa shape index (κ2) is 30.6. The fourth-order valence-corrected chi connectivity index (χ4v) is 6.41. The molecule has 0 saturated heterocycles. The predicted octanol–water partition coefficient (Wildman–Crippen LogP) is 12.8. The van der Waals surface area contributed by atoms with Gasteiger partial charge in [-0.15, -0.1) is 0 Å². The van der Waals surface area contributed by atoms with Crippen molar-refractivity contribution >= 4 is 11.7 Å². The Morgan fingerprint density at radius 1 is 0.488 bits per heavy atom. The molecule has 3 heteroatoms. The van der Waals surface area contributed by atoms with Gasteiger partial charge in [0, 0.05) is 19.4 Å². The zero-order chi connectivity index (χ0) is 29.5. The monoisotopic (exact) mass is 575 g/mol. The summed E-state index contributed by atoms with van der Waals surface area (Å²) in [5.41, 5.74) is 0. The third-order valence-corrected chi connectivity index (χ3v) is 9.23. The van der Waals surface area contributed by atoms with Crippen LogP contribution in [-0.4, -0.2) is 29.7 Å². The number of amides is 1. The van der Waals surface area contributed by atoms with E-state index in [1.54, 1.807) is 0 Å². The van der Waals surface area contributed by atoms with Gasteiger partial charge in [0.15, 0.2) is 0 Å². The summed E-state index contributed by atoms with van der Waals surface area (Å²) in [6, 6.07) is 0. The molecule has 0 fully saturated rings. The Kier molecular flexibility index (Phi) is 28.5. The van der Waals surface area contributed by atoms with E-state index in [1.807, 2.05) is 4.90 Å². The summed E-state index contributed by atoms with van der Waals surface area (Å²) in [4.78, 5) is 19.5. The van der Waals surface area contributed by atoms with E-state index >= 15 is 0 Å². The molecule has 0 aromatic rings. The molecule has 1 aliphatic heterocycles. The molecule has 242 valence electrons. The van der Waals surface area contributed by atoms with Crippen molar-refractivity contribution in [1.29, 1.82) is 0 Å². The van der Waals surface area contributed by atoms with E-state index in [9.17, 15) is 4.79 Å². The van der Waals surface area contributed by atoms with E-state index in [2.05, 4.69) is 18.8 Å². The van der Waals surface area contributed by atoms with Crippen LogP contribution in [0.2, 0.25) is 0 Å². The second-order valence-corrected chi connectivity index (χ2v) is 13.2. The van der Waals surface area contributed by atoms with E-state index in [0.29, 0.717) is 5.91 Å². The number of amidine groups is 1. The maximum absolute atomic E-state index is 12.8. The van der Waals surface area contributed by atoms with Crippen molar-refractivity contribution in [2.45, 2.75) is 219 Å². The Morgan fingerprint density at radius 3 is 1.17 bits per heavy atom. The van der Waals surface area contributed by atoms with Crippen molar-refractivity contribution in [3.8, 4) is 0 Å². The van der Waals surface area contributed by atoms with Crippen LogP contribution in [0.3, 0.4) is 0 Å². The summed E-state index contributed by atoms with van der Waals surface area (Å²) in [5.74, 6) is 1.42. The molecule has 1 rings (SSSR count). The molecule has 0 unspecified atom stereocenters. The van der Waals surface area contributed by atoms with Gasteiger partial charge in [-0.05, 0) is 12.8 Å². The first-order valence-electron chi connectivity index (χ1n) is 19.1. The smallest absolute Gasteiger partial charge is 0.227 e.